The van der Waals surface area contributed by atoms with Gasteiger partial charge in [-0.1, -0.05) is 20.8 Å². The van der Waals surface area contributed by atoms with Gasteiger partial charge in [0.1, 0.15) is 5.78 Å². The third kappa shape index (κ3) is 2.97. The summed E-state index contributed by atoms with van der Waals surface area (Å²) in [6, 6.07) is 0. The van der Waals surface area contributed by atoms with Crippen molar-refractivity contribution in [2.75, 3.05) is 6.54 Å². The fourth-order valence-corrected chi connectivity index (χ4v) is 0.742. The smallest absolute Gasteiger partial charge is 0.137 e. The summed E-state index contributed by atoms with van der Waals surface area (Å²) in [6.07, 6.45) is 0.527. The largest absolute Gasteiger partial charge is 0.330 e. The maximum Gasteiger partial charge on any atom is 0.137 e. The zero-order valence-electron chi connectivity index (χ0n) is 7.05. The van der Waals surface area contributed by atoms with E-state index in [0.717, 1.165) is 0 Å². The first kappa shape index (κ1) is 9.63. The average molecular weight is 143 g/mol. The molecule has 0 spiro atoms. The van der Waals surface area contributed by atoms with Crippen LogP contribution < -0.4 is 5.73 Å². The van der Waals surface area contributed by atoms with Crippen LogP contribution in [0.2, 0.25) is 0 Å². The van der Waals surface area contributed by atoms with Gasteiger partial charge < -0.3 is 5.73 Å². The summed E-state index contributed by atoms with van der Waals surface area (Å²) in [5.41, 5.74) is 5.25. The first-order valence-corrected chi connectivity index (χ1v) is 3.82. The maximum absolute atomic E-state index is 11.1. The highest BCUT2D eigenvalue weighted by atomic mass is 16.1. The SMILES string of the molecule is CC(C)[C@H](C)C(=O)CCN. The predicted octanol–water partition coefficient (Wildman–Crippen LogP) is 1.20. The van der Waals surface area contributed by atoms with Gasteiger partial charge in [-0.3, -0.25) is 4.79 Å². The minimum absolute atomic E-state index is 0.170. The molecule has 0 radical (unpaired) electrons. The molecule has 2 heteroatoms. The summed E-state index contributed by atoms with van der Waals surface area (Å²) in [5, 5.41) is 0. The van der Waals surface area contributed by atoms with Crippen LogP contribution in [0.5, 0.6) is 0 Å². The predicted molar refractivity (Wildman–Crippen MR) is 42.7 cm³/mol. The number of rotatable bonds is 4. The second-order valence-electron chi connectivity index (χ2n) is 3.04. The van der Waals surface area contributed by atoms with Gasteiger partial charge in [-0.15, -0.1) is 0 Å². The number of nitrogens with two attached hydrogens (primary N) is 1. The minimum Gasteiger partial charge on any atom is -0.330 e. The van der Waals surface area contributed by atoms with Crippen LogP contribution in [0.15, 0.2) is 0 Å². The van der Waals surface area contributed by atoms with E-state index in [-0.39, 0.29) is 11.7 Å². The van der Waals surface area contributed by atoms with Gasteiger partial charge in [0.2, 0.25) is 0 Å². The Morgan fingerprint density at radius 2 is 1.90 bits per heavy atom. The van der Waals surface area contributed by atoms with Crippen LogP contribution in [-0.2, 0) is 4.79 Å². The highest BCUT2D eigenvalue weighted by Gasteiger charge is 2.14. The van der Waals surface area contributed by atoms with Crippen molar-refractivity contribution < 1.29 is 4.79 Å². The molecule has 0 rings (SSSR count). The molecule has 0 aliphatic heterocycles. The molecule has 0 unspecified atom stereocenters. The van der Waals surface area contributed by atoms with E-state index in [4.69, 9.17) is 5.73 Å². The van der Waals surface area contributed by atoms with Gasteiger partial charge in [-0.05, 0) is 12.5 Å². The minimum atomic E-state index is 0.170. The number of ketones is 1. The van der Waals surface area contributed by atoms with E-state index < -0.39 is 0 Å². The molecule has 0 aromatic heterocycles. The Labute approximate surface area is 62.8 Å². The first-order chi connectivity index (χ1) is 4.59. The number of carbonyl (C=O) groups excluding carboxylic acids is 1. The molecule has 60 valence electrons. The fourth-order valence-electron chi connectivity index (χ4n) is 0.742. The molecule has 0 aliphatic carbocycles. The highest BCUT2D eigenvalue weighted by molar-refractivity contribution is 5.80. The maximum atomic E-state index is 11.1. The number of Topliss-reactive ketones (excluding diaryl/α,β-unsaturated/α-hetero) is 1. The number of hydrogen-bond donors (Lipinski definition) is 1. The molecule has 0 amide bonds. The fraction of sp³-hybridized carbons (Fsp3) is 0.875. The van der Waals surface area contributed by atoms with Crippen molar-refractivity contribution in [3.05, 3.63) is 0 Å². The number of carbonyl (C=O) groups is 1. The van der Waals surface area contributed by atoms with Crippen molar-refractivity contribution in [2.45, 2.75) is 27.2 Å². The second-order valence-corrected chi connectivity index (χ2v) is 3.04. The van der Waals surface area contributed by atoms with E-state index in [2.05, 4.69) is 13.8 Å². The molecule has 2 N–H and O–H groups in total. The average Bonchev–Trinajstić information content (AvgIpc) is 1.87. The molecule has 1 atom stereocenters. The molecule has 0 aromatic carbocycles. The molecular weight excluding hydrogens is 126 g/mol. The summed E-state index contributed by atoms with van der Waals surface area (Å²) < 4.78 is 0. The van der Waals surface area contributed by atoms with Crippen molar-refractivity contribution in [3.8, 4) is 0 Å². The Balaban J connectivity index is 3.71. The second kappa shape index (κ2) is 4.45. The molecule has 0 aliphatic rings. The topological polar surface area (TPSA) is 43.1 Å². The van der Waals surface area contributed by atoms with Crippen LogP contribution in [0.1, 0.15) is 27.2 Å². The summed E-state index contributed by atoms with van der Waals surface area (Å²) in [5.74, 6) is 0.903. The molecule has 0 bridgehead atoms. The standard InChI is InChI=1S/C8H17NO/c1-6(2)7(3)8(10)4-5-9/h6-7H,4-5,9H2,1-3H3/t7-/m0/s1. The van der Waals surface area contributed by atoms with E-state index in [1.54, 1.807) is 0 Å². The summed E-state index contributed by atoms with van der Waals surface area (Å²) in [6.45, 7) is 6.55. The molecule has 0 heterocycles. The van der Waals surface area contributed by atoms with Crippen LogP contribution >= 0.6 is 0 Å². The van der Waals surface area contributed by atoms with Crippen LogP contribution in [0.3, 0.4) is 0 Å². The molecular formula is C8H17NO. The van der Waals surface area contributed by atoms with Gasteiger partial charge in [0.15, 0.2) is 0 Å². The van der Waals surface area contributed by atoms with E-state index in [0.29, 0.717) is 18.9 Å². The summed E-state index contributed by atoms with van der Waals surface area (Å²) in [7, 11) is 0. The Morgan fingerprint density at radius 1 is 1.40 bits per heavy atom. The zero-order valence-corrected chi connectivity index (χ0v) is 7.05. The Bertz CT molecular complexity index is 110. The van der Waals surface area contributed by atoms with E-state index in [9.17, 15) is 4.79 Å². The number of hydrogen-bond acceptors (Lipinski definition) is 2. The van der Waals surface area contributed by atoms with Crippen molar-refractivity contribution in [1.29, 1.82) is 0 Å². The summed E-state index contributed by atoms with van der Waals surface area (Å²) in [4.78, 5) is 11.1. The quantitative estimate of drug-likeness (QED) is 0.642. The molecule has 2 nitrogen and oxygen atoms in total. The Morgan fingerprint density at radius 3 is 2.20 bits per heavy atom. The van der Waals surface area contributed by atoms with Gasteiger partial charge >= 0.3 is 0 Å². The lowest BCUT2D eigenvalue weighted by Gasteiger charge is -2.12. The van der Waals surface area contributed by atoms with Crippen LogP contribution in [-0.4, -0.2) is 12.3 Å². The first-order valence-electron chi connectivity index (χ1n) is 3.82. The highest BCUT2D eigenvalue weighted by Crippen LogP contribution is 2.11. The van der Waals surface area contributed by atoms with E-state index in [1.807, 2.05) is 6.92 Å². The van der Waals surface area contributed by atoms with Gasteiger partial charge in [-0.25, -0.2) is 0 Å². The third-order valence-corrected chi connectivity index (χ3v) is 1.90. The van der Waals surface area contributed by atoms with Crippen molar-refractivity contribution in [2.24, 2.45) is 17.6 Å². The van der Waals surface area contributed by atoms with Gasteiger partial charge in [0.25, 0.3) is 0 Å². The lowest BCUT2D eigenvalue weighted by Crippen LogP contribution is -2.19. The van der Waals surface area contributed by atoms with Gasteiger partial charge in [0.05, 0.1) is 0 Å². The van der Waals surface area contributed by atoms with Crippen molar-refractivity contribution in [3.63, 3.8) is 0 Å². The molecule has 0 saturated carbocycles. The van der Waals surface area contributed by atoms with E-state index in [1.165, 1.54) is 0 Å². The van der Waals surface area contributed by atoms with Gasteiger partial charge in [-0.2, -0.15) is 0 Å². The van der Waals surface area contributed by atoms with Crippen LogP contribution in [0, 0.1) is 11.8 Å². The third-order valence-electron chi connectivity index (χ3n) is 1.90. The van der Waals surface area contributed by atoms with E-state index >= 15 is 0 Å². The zero-order chi connectivity index (χ0) is 8.15. The van der Waals surface area contributed by atoms with Gasteiger partial charge in [0, 0.05) is 12.3 Å². The molecule has 0 saturated heterocycles. The molecule has 10 heavy (non-hydrogen) atoms. The molecule has 0 aromatic rings. The normalized spacial score (nSPS) is 13.7. The Hall–Kier alpha value is -0.370. The molecule has 0 fully saturated rings. The Kier molecular flexibility index (Phi) is 4.28. The van der Waals surface area contributed by atoms with Crippen molar-refractivity contribution in [1.82, 2.24) is 0 Å². The summed E-state index contributed by atoms with van der Waals surface area (Å²) >= 11 is 0. The van der Waals surface area contributed by atoms with Crippen LogP contribution in [0.4, 0.5) is 0 Å². The lowest BCUT2D eigenvalue weighted by molar-refractivity contribution is -0.123. The lowest BCUT2D eigenvalue weighted by atomic mass is 9.92. The monoisotopic (exact) mass is 143 g/mol. The van der Waals surface area contributed by atoms with Crippen LogP contribution in [0.25, 0.3) is 0 Å². The van der Waals surface area contributed by atoms with Crippen molar-refractivity contribution >= 4 is 5.78 Å².